The summed E-state index contributed by atoms with van der Waals surface area (Å²) >= 11 is 0. The molecule has 0 atom stereocenters. The number of hydrogen-bond donors (Lipinski definition) is 1. The Morgan fingerprint density at radius 1 is 1.04 bits per heavy atom. The van der Waals surface area contributed by atoms with Crippen LogP contribution in [-0.4, -0.2) is 44.5 Å². The molecular weight excluding hydrogens is 299 g/mol. The minimum absolute atomic E-state index is 0.273. The largest absolute Gasteiger partial charge is 0.494 e. The lowest BCUT2D eigenvalue weighted by molar-refractivity contribution is 0.00578. The highest BCUT2D eigenvalue weighted by atomic mass is 16.7. The molecule has 5 heteroatoms. The van der Waals surface area contributed by atoms with Crippen LogP contribution in [0.1, 0.15) is 52.0 Å². The van der Waals surface area contributed by atoms with Crippen molar-refractivity contribution in [2.24, 2.45) is 0 Å². The number of piperazine rings is 1. The Kier molecular flexibility index (Phi) is 3.94. The summed E-state index contributed by atoms with van der Waals surface area (Å²) in [6.07, 6.45) is 2.66. The minimum Gasteiger partial charge on any atom is -0.399 e. The quantitative estimate of drug-likeness (QED) is 0.863. The van der Waals surface area contributed by atoms with Crippen molar-refractivity contribution in [3.63, 3.8) is 0 Å². The fourth-order valence-electron chi connectivity index (χ4n) is 3.61. The molecule has 24 heavy (non-hydrogen) atoms. The van der Waals surface area contributed by atoms with E-state index in [1.165, 1.54) is 24.1 Å². The third-order valence-corrected chi connectivity index (χ3v) is 6.05. The van der Waals surface area contributed by atoms with Crippen LogP contribution in [-0.2, 0) is 9.31 Å². The van der Waals surface area contributed by atoms with Crippen molar-refractivity contribution in [1.82, 2.24) is 5.32 Å². The predicted molar refractivity (Wildman–Crippen MR) is 99.2 cm³/mol. The van der Waals surface area contributed by atoms with Crippen molar-refractivity contribution in [1.29, 1.82) is 0 Å². The third kappa shape index (κ3) is 2.87. The van der Waals surface area contributed by atoms with E-state index in [9.17, 15) is 0 Å². The summed E-state index contributed by atoms with van der Waals surface area (Å²) in [4.78, 5) is 2.53. The van der Waals surface area contributed by atoms with Crippen molar-refractivity contribution >= 4 is 18.3 Å². The van der Waals surface area contributed by atoms with Crippen LogP contribution in [0.2, 0.25) is 0 Å². The van der Waals surface area contributed by atoms with Gasteiger partial charge >= 0.3 is 7.12 Å². The lowest BCUT2D eigenvalue weighted by Crippen LogP contribution is -2.44. The third-order valence-electron chi connectivity index (χ3n) is 6.05. The van der Waals surface area contributed by atoms with Crippen LogP contribution >= 0.6 is 0 Å². The van der Waals surface area contributed by atoms with Gasteiger partial charge in [-0.15, -0.1) is 0 Å². The van der Waals surface area contributed by atoms with E-state index in [1.807, 2.05) is 0 Å². The topological polar surface area (TPSA) is 33.7 Å². The Morgan fingerprint density at radius 3 is 2.25 bits per heavy atom. The highest BCUT2D eigenvalue weighted by Gasteiger charge is 2.51. The van der Waals surface area contributed by atoms with Crippen LogP contribution in [0, 0.1) is 0 Å². The zero-order valence-corrected chi connectivity index (χ0v) is 15.4. The molecule has 4 rings (SSSR count). The predicted octanol–water partition coefficient (Wildman–Crippen LogP) is 2.27. The van der Waals surface area contributed by atoms with E-state index >= 15 is 0 Å². The molecule has 3 aliphatic rings. The van der Waals surface area contributed by atoms with E-state index in [0.29, 0.717) is 0 Å². The Bertz CT molecular complexity index is 606. The van der Waals surface area contributed by atoms with Gasteiger partial charge in [0, 0.05) is 31.9 Å². The van der Waals surface area contributed by atoms with Crippen LogP contribution in [0.4, 0.5) is 5.69 Å². The molecule has 1 saturated carbocycles. The van der Waals surface area contributed by atoms with Crippen molar-refractivity contribution in [3.8, 4) is 0 Å². The SMILES string of the molecule is CC1(C)OB(c2ccc(C3CC3)c(N3CCNCC3)c2)OC1(C)C. The molecule has 4 nitrogen and oxygen atoms in total. The first-order chi connectivity index (χ1) is 11.4. The van der Waals surface area contributed by atoms with E-state index in [-0.39, 0.29) is 18.3 Å². The maximum Gasteiger partial charge on any atom is 0.494 e. The minimum atomic E-state index is -0.290. The lowest BCUT2D eigenvalue weighted by atomic mass is 9.78. The van der Waals surface area contributed by atoms with Crippen molar-refractivity contribution < 1.29 is 9.31 Å². The molecule has 130 valence electrons. The van der Waals surface area contributed by atoms with Gasteiger partial charge in [0.1, 0.15) is 0 Å². The smallest absolute Gasteiger partial charge is 0.399 e. The van der Waals surface area contributed by atoms with Crippen LogP contribution in [0.3, 0.4) is 0 Å². The Hall–Kier alpha value is -1.04. The summed E-state index contributed by atoms with van der Waals surface area (Å²) in [6, 6.07) is 6.85. The van der Waals surface area contributed by atoms with Gasteiger partial charge in [0.25, 0.3) is 0 Å². The van der Waals surface area contributed by atoms with Crippen LogP contribution in [0.15, 0.2) is 18.2 Å². The normalized spacial score (nSPS) is 26.0. The van der Waals surface area contributed by atoms with E-state index in [4.69, 9.17) is 9.31 Å². The second kappa shape index (κ2) is 5.75. The maximum atomic E-state index is 6.26. The van der Waals surface area contributed by atoms with Gasteiger partial charge in [-0.3, -0.25) is 0 Å². The second-order valence-corrected chi connectivity index (χ2v) is 8.42. The number of hydrogen-bond acceptors (Lipinski definition) is 4. The average Bonchev–Trinajstić information content (AvgIpc) is 3.35. The van der Waals surface area contributed by atoms with Gasteiger partial charge in [0.15, 0.2) is 0 Å². The first kappa shape index (κ1) is 16.4. The van der Waals surface area contributed by atoms with Crippen molar-refractivity contribution in [3.05, 3.63) is 23.8 Å². The zero-order valence-electron chi connectivity index (χ0n) is 15.4. The fourth-order valence-corrected chi connectivity index (χ4v) is 3.61. The summed E-state index contributed by atoms with van der Waals surface area (Å²) in [5.41, 5.74) is 3.47. The van der Waals surface area contributed by atoms with Crippen LogP contribution in [0.5, 0.6) is 0 Å². The van der Waals surface area contributed by atoms with Crippen LogP contribution in [0.25, 0.3) is 0 Å². The molecule has 0 spiro atoms. The monoisotopic (exact) mass is 328 g/mol. The van der Waals surface area contributed by atoms with Crippen LogP contribution < -0.4 is 15.7 Å². The molecule has 2 aliphatic heterocycles. The molecular formula is C19H29BN2O2. The van der Waals surface area contributed by atoms with Crippen molar-refractivity contribution in [2.75, 3.05) is 31.1 Å². The summed E-state index contributed by atoms with van der Waals surface area (Å²) in [6.45, 7) is 12.7. The summed E-state index contributed by atoms with van der Waals surface area (Å²) < 4.78 is 12.5. The first-order valence-corrected chi connectivity index (χ1v) is 9.32. The standard InChI is InChI=1S/C19H29BN2O2/c1-18(2)19(3,4)24-20(23-18)15-7-8-16(14-5-6-14)17(13-15)22-11-9-21-10-12-22/h7-8,13-14,21H,5-6,9-12H2,1-4H3. The Morgan fingerprint density at radius 2 is 1.67 bits per heavy atom. The molecule has 0 unspecified atom stereocenters. The van der Waals surface area contributed by atoms with Gasteiger partial charge in [-0.1, -0.05) is 12.1 Å². The maximum absolute atomic E-state index is 6.26. The molecule has 0 bridgehead atoms. The number of nitrogens with one attached hydrogen (secondary N) is 1. The first-order valence-electron chi connectivity index (χ1n) is 9.32. The van der Waals surface area contributed by atoms with Gasteiger partial charge in [-0.05, 0) is 63.5 Å². The van der Waals surface area contributed by atoms with E-state index < -0.39 is 0 Å². The van der Waals surface area contributed by atoms with E-state index in [1.54, 1.807) is 0 Å². The fraction of sp³-hybridized carbons (Fsp3) is 0.684. The number of rotatable bonds is 3. The van der Waals surface area contributed by atoms with Gasteiger partial charge in [0.05, 0.1) is 11.2 Å². The molecule has 1 N–H and O–H groups in total. The Balaban J connectivity index is 1.65. The van der Waals surface area contributed by atoms with Gasteiger partial charge in [-0.25, -0.2) is 0 Å². The molecule has 2 heterocycles. The summed E-state index contributed by atoms with van der Waals surface area (Å²) in [7, 11) is -0.273. The zero-order chi connectivity index (χ0) is 16.9. The molecule has 0 aromatic heterocycles. The van der Waals surface area contributed by atoms with Gasteiger partial charge in [-0.2, -0.15) is 0 Å². The summed E-state index contributed by atoms with van der Waals surface area (Å²) in [5.74, 6) is 0.752. The van der Waals surface area contributed by atoms with E-state index in [2.05, 4.69) is 56.1 Å². The second-order valence-electron chi connectivity index (χ2n) is 8.42. The van der Waals surface area contributed by atoms with Gasteiger partial charge < -0.3 is 19.5 Å². The number of anilines is 1. The van der Waals surface area contributed by atoms with E-state index in [0.717, 1.165) is 37.6 Å². The summed E-state index contributed by atoms with van der Waals surface area (Å²) in [5, 5.41) is 3.45. The molecule has 1 aliphatic carbocycles. The molecule has 2 saturated heterocycles. The molecule has 1 aromatic carbocycles. The molecule has 0 amide bonds. The highest BCUT2D eigenvalue weighted by Crippen LogP contribution is 2.44. The van der Waals surface area contributed by atoms with Crippen molar-refractivity contribution in [2.45, 2.75) is 57.7 Å². The van der Waals surface area contributed by atoms with Gasteiger partial charge in [0.2, 0.25) is 0 Å². The number of benzene rings is 1. The molecule has 0 radical (unpaired) electrons. The molecule has 1 aromatic rings. The average molecular weight is 328 g/mol. The highest BCUT2D eigenvalue weighted by molar-refractivity contribution is 6.62. The molecule has 3 fully saturated rings. The Labute approximate surface area is 146 Å². The number of nitrogens with zero attached hydrogens (tertiary/aromatic N) is 1. The lowest BCUT2D eigenvalue weighted by Gasteiger charge is -2.32.